The molecule has 23 heavy (non-hydrogen) atoms. The number of ether oxygens (including phenoxy) is 2. The average molecular weight is 385 g/mol. The van der Waals surface area contributed by atoms with Gasteiger partial charge in [0.15, 0.2) is 0 Å². The lowest BCUT2D eigenvalue weighted by atomic mass is 10.1. The molecule has 1 amide bonds. The third-order valence-corrected chi connectivity index (χ3v) is 4.87. The molecule has 5 nitrogen and oxygen atoms in total. The van der Waals surface area contributed by atoms with Crippen LogP contribution in [0.1, 0.15) is 36.0 Å². The number of rotatable bonds is 7. The monoisotopic (exact) mass is 384 g/mol. The molecular formula is C17H25BrN2O3. The highest BCUT2D eigenvalue weighted by molar-refractivity contribution is 9.10. The van der Waals surface area contributed by atoms with Crippen molar-refractivity contribution in [3.05, 3.63) is 22.2 Å². The first-order valence-electron chi connectivity index (χ1n) is 8.07. The first kappa shape index (κ1) is 18.1. The molecule has 1 aliphatic rings. The van der Waals surface area contributed by atoms with Crippen molar-refractivity contribution in [1.82, 2.24) is 10.2 Å². The molecule has 0 spiro atoms. The van der Waals surface area contributed by atoms with Crippen LogP contribution in [0.4, 0.5) is 0 Å². The van der Waals surface area contributed by atoms with Gasteiger partial charge in [-0.2, -0.15) is 0 Å². The number of piperidine rings is 1. The lowest BCUT2D eigenvalue weighted by Crippen LogP contribution is -2.33. The Morgan fingerprint density at radius 3 is 2.35 bits per heavy atom. The lowest BCUT2D eigenvalue weighted by molar-refractivity contribution is 0.0950. The Labute approximate surface area is 146 Å². The first-order chi connectivity index (χ1) is 11.2. The maximum Gasteiger partial charge on any atom is 0.251 e. The van der Waals surface area contributed by atoms with Crippen molar-refractivity contribution in [3.8, 4) is 11.5 Å². The molecule has 0 unspecified atom stereocenters. The molecule has 1 saturated heterocycles. The molecule has 0 radical (unpaired) electrons. The van der Waals surface area contributed by atoms with Crippen LogP contribution in [0.25, 0.3) is 0 Å². The quantitative estimate of drug-likeness (QED) is 0.733. The fourth-order valence-electron chi connectivity index (χ4n) is 2.79. The molecule has 1 aromatic carbocycles. The van der Waals surface area contributed by atoms with E-state index in [9.17, 15) is 4.79 Å². The smallest absolute Gasteiger partial charge is 0.251 e. The van der Waals surface area contributed by atoms with Crippen molar-refractivity contribution in [2.24, 2.45) is 0 Å². The summed E-state index contributed by atoms with van der Waals surface area (Å²) in [5, 5.41) is 2.97. The molecule has 0 aliphatic carbocycles. The van der Waals surface area contributed by atoms with Gasteiger partial charge in [-0.15, -0.1) is 0 Å². The molecule has 1 fully saturated rings. The summed E-state index contributed by atoms with van der Waals surface area (Å²) in [4.78, 5) is 14.8. The highest BCUT2D eigenvalue weighted by atomic mass is 79.9. The van der Waals surface area contributed by atoms with Crippen LogP contribution in [0.3, 0.4) is 0 Å². The standard InChI is InChI=1S/C17H25BrN2O3/c1-22-14-11-13(12-15(23-2)16(14)18)17(21)19-7-6-10-20-8-4-3-5-9-20/h11-12H,3-10H2,1-2H3,(H,19,21). The summed E-state index contributed by atoms with van der Waals surface area (Å²) < 4.78 is 11.3. The van der Waals surface area contributed by atoms with Gasteiger partial charge >= 0.3 is 0 Å². The van der Waals surface area contributed by atoms with Crippen LogP contribution in [-0.4, -0.2) is 51.2 Å². The van der Waals surface area contributed by atoms with E-state index in [2.05, 4.69) is 26.1 Å². The Kier molecular flexibility index (Phi) is 7.17. The lowest BCUT2D eigenvalue weighted by Gasteiger charge is -2.26. The van der Waals surface area contributed by atoms with E-state index < -0.39 is 0 Å². The highest BCUT2D eigenvalue weighted by Crippen LogP contribution is 2.35. The zero-order valence-electron chi connectivity index (χ0n) is 13.9. The number of hydrogen-bond donors (Lipinski definition) is 1. The van der Waals surface area contributed by atoms with Gasteiger partial charge in [-0.1, -0.05) is 6.42 Å². The fraction of sp³-hybridized carbons (Fsp3) is 0.588. The van der Waals surface area contributed by atoms with E-state index in [1.54, 1.807) is 26.4 Å². The van der Waals surface area contributed by atoms with Crippen LogP contribution in [0.2, 0.25) is 0 Å². The Bertz CT molecular complexity index is 506. The molecule has 128 valence electrons. The maximum atomic E-state index is 12.3. The van der Waals surface area contributed by atoms with E-state index in [4.69, 9.17) is 9.47 Å². The fourth-order valence-corrected chi connectivity index (χ4v) is 3.34. The van der Waals surface area contributed by atoms with Crippen LogP contribution >= 0.6 is 15.9 Å². The largest absolute Gasteiger partial charge is 0.495 e. The minimum Gasteiger partial charge on any atom is -0.495 e. The van der Waals surface area contributed by atoms with Gasteiger partial charge in [0.05, 0.1) is 14.2 Å². The van der Waals surface area contributed by atoms with Gasteiger partial charge in [0, 0.05) is 12.1 Å². The molecule has 1 aliphatic heterocycles. The number of nitrogens with one attached hydrogen (secondary N) is 1. The van der Waals surface area contributed by atoms with Gasteiger partial charge in [-0.25, -0.2) is 0 Å². The number of likely N-dealkylation sites (tertiary alicyclic amines) is 1. The van der Waals surface area contributed by atoms with E-state index in [0.29, 0.717) is 28.1 Å². The summed E-state index contributed by atoms with van der Waals surface area (Å²) in [5.74, 6) is 1.07. The number of halogens is 1. The van der Waals surface area contributed by atoms with E-state index in [-0.39, 0.29) is 5.91 Å². The SMILES string of the molecule is COc1cc(C(=O)NCCCN2CCCCC2)cc(OC)c1Br. The number of hydrogen-bond acceptors (Lipinski definition) is 4. The average Bonchev–Trinajstić information content (AvgIpc) is 2.59. The number of amides is 1. The van der Waals surface area contributed by atoms with Crippen molar-refractivity contribution < 1.29 is 14.3 Å². The van der Waals surface area contributed by atoms with Gasteiger partial charge in [-0.3, -0.25) is 4.79 Å². The van der Waals surface area contributed by atoms with Crippen LogP contribution in [0.15, 0.2) is 16.6 Å². The van der Waals surface area contributed by atoms with Crippen molar-refractivity contribution in [1.29, 1.82) is 0 Å². The minimum atomic E-state index is -0.104. The second-order valence-corrected chi connectivity index (χ2v) is 6.50. The van der Waals surface area contributed by atoms with Crippen molar-refractivity contribution in [3.63, 3.8) is 0 Å². The van der Waals surface area contributed by atoms with Crippen LogP contribution in [-0.2, 0) is 0 Å². The predicted octanol–water partition coefficient (Wildman–Crippen LogP) is 3.07. The van der Waals surface area contributed by atoms with Gasteiger partial charge in [0.1, 0.15) is 16.0 Å². The zero-order valence-corrected chi connectivity index (χ0v) is 15.4. The Morgan fingerprint density at radius 2 is 1.78 bits per heavy atom. The number of carbonyl (C=O) groups excluding carboxylic acids is 1. The normalized spacial score (nSPS) is 15.3. The van der Waals surface area contributed by atoms with Gasteiger partial charge < -0.3 is 19.7 Å². The molecule has 0 atom stereocenters. The minimum absolute atomic E-state index is 0.104. The zero-order chi connectivity index (χ0) is 16.7. The molecule has 1 heterocycles. The molecule has 6 heteroatoms. The summed E-state index contributed by atoms with van der Waals surface area (Å²) in [6.07, 6.45) is 4.91. The molecule has 0 saturated carbocycles. The van der Waals surface area contributed by atoms with Crippen molar-refractivity contribution in [2.75, 3.05) is 40.4 Å². The highest BCUT2D eigenvalue weighted by Gasteiger charge is 2.14. The Hall–Kier alpha value is -1.27. The third kappa shape index (κ3) is 5.11. The molecule has 0 bridgehead atoms. The van der Waals surface area contributed by atoms with E-state index in [0.717, 1.165) is 13.0 Å². The summed E-state index contributed by atoms with van der Waals surface area (Å²) in [7, 11) is 3.14. The van der Waals surface area contributed by atoms with E-state index in [1.165, 1.54) is 32.4 Å². The number of methoxy groups -OCH3 is 2. The van der Waals surface area contributed by atoms with Gasteiger partial charge in [-0.05, 0) is 67.0 Å². The van der Waals surface area contributed by atoms with Crippen molar-refractivity contribution in [2.45, 2.75) is 25.7 Å². The number of benzene rings is 1. The molecule has 1 aromatic rings. The van der Waals surface area contributed by atoms with Crippen LogP contribution in [0.5, 0.6) is 11.5 Å². The van der Waals surface area contributed by atoms with Crippen LogP contribution in [0, 0.1) is 0 Å². The molecule has 1 N–H and O–H groups in total. The van der Waals surface area contributed by atoms with Gasteiger partial charge in [0.25, 0.3) is 5.91 Å². The summed E-state index contributed by atoms with van der Waals surface area (Å²) in [6, 6.07) is 3.43. The van der Waals surface area contributed by atoms with Crippen molar-refractivity contribution >= 4 is 21.8 Å². The Balaban J connectivity index is 1.85. The maximum absolute atomic E-state index is 12.3. The third-order valence-electron chi connectivity index (χ3n) is 4.09. The van der Waals surface area contributed by atoms with E-state index >= 15 is 0 Å². The Morgan fingerprint density at radius 1 is 1.17 bits per heavy atom. The predicted molar refractivity (Wildman–Crippen MR) is 94.5 cm³/mol. The first-order valence-corrected chi connectivity index (χ1v) is 8.87. The summed E-state index contributed by atoms with van der Waals surface area (Å²) in [6.45, 7) is 4.10. The topological polar surface area (TPSA) is 50.8 Å². The number of nitrogens with zero attached hydrogens (tertiary/aromatic N) is 1. The summed E-state index contributed by atoms with van der Waals surface area (Å²) >= 11 is 3.41. The van der Waals surface area contributed by atoms with E-state index in [1.807, 2.05) is 0 Å². The second kappa shape index (κ2) is 9.13. The molecule has 0 aromatic heterocycles. The van der Waals surface area contributed by atoms with Gasteiger partial charge in [0.2, 0.25) is 0 Å². The molecular weight excluding hydrogens is 360 g/mol. The summed E-state index contributed by atoms with van der Waals surface area (Å²) in [5.41, 5.74) is 0.542. The van der Waals surface area contributed by atoms with Crippen LogP contribution < -0.4 is 14.8 Å². The second-order valence-electron chi connectivity index (χ2n) is 5.71. The molecule has 2 rings (SSSR count). The number of carbonyl (C=O) groups is 1.